The zero-order valence-corrected chi connectivity index (χ0v) is 11.0. The molecule has 2 fully saturated rings. The highest BCUT2D eigenvalue weighted by molar-refractivity contribution is 5.95. The smallest absolute Gasteiger partial charge is 0.251 e. The van der Waals surface area contributed by atoms with E-state index >= 15 is 0 Å². The minimum absolute atomic E-state index is 0.0399. The van der Waals surface area contributed by atoms with Crippen molar-refractivity contribution in [3.8, 4) is 0 Å². The van der Waals surface area contributed by atoms with Crippen LogP contribution in [-0.4, -0.2) is 31.2 Å². The molecular formula is C15H20N2O2. The maximum atomic E-state index is 12.0. The first-order chi connectivity index (χ1) is 9.31. The molecule has 4 heteroatoms. The van der Waals surface area contributed by atoms with Gasteiger partial charge in [-0.25, -0.2) is 0 Å². The summed E-state index contributed by atoms with van der Waals surface area (Å²) in [7, 11) is 0. The molecule has 0 aromatic heterocycles. The van der Waals surface area contributed by atoms with Crippen molar-refractivity contribution < 1.29 is 9.53 Å². The fraction of sp³-hybridized carbons (Fsp3) is 0.533. The molecule has 1 aliphatic heterocycles. The third-order valence-corrected chi connectivity index (χ3v) is 3.63. The van der Waals surface area contributed by atoms with E-state index in [2.05, 4.69) is 10.6 Å². The fourth-order valence-corrected chi connectivity index (χ4v) is 2.32. The molecule has 0 radical (unpaired) electrons. The molecule has 0 unspecified atom stereocenters. The second-order valence-corrected chi connectivity index (χ2v) is 5.36. The van der Waals surface area contributed by atoms with Crippen LogP contribution in [0, 0.1) is 0 Å². The Kier molecular flexibility index (Phi) is 3.69. The number of amides is 1. The second kappa shape index (κ2) is 5.61. The van der Waals surface area contributed by atoms with Crippen LogP contribution in [-0.2, 0) is 4.74 Å². The van der Waals surface area contributed by atoms with E-state index in [-0.39, 0.29) is 5.91 Å². The maximum Gasteiger partial charge on any atom is 0.251 e. The largest absolute Gasteiger partial charge is 0.382 e. The van der Waals surface area contributed by atoms with Crippen molar-refractivity contribution in [2.75, 3.05) is 18.5 Å². The molecule has 0 atom stereocenters. The van der Waals surface area contributed by atoms with Gasteiger partial charge in [-0.05, 0) is 43.9 Å². The first kappa shape index (κ1) is 12.5. The Bertz CT molecular complexity index is 451. The standard InChI is InChI=1S/C15H20N2O2/c18-15(17-12-4-5-12)11-2-1-3-14(10-11)16-13-6-8-19-9-7-13/h1-3,10,12-13,16H,4-9H2,(H,17,18). The first-order valence-corrected chi connectivity index (χ1v) is 7.06. The molecule has 102 valence electrons. The van der Waals surface area contributed by atoms with Crippen LogP contribution in [0.1, 0.15) is 36.0 Å². The average Bonchev–Trinajstić information content (AvgIpc) is 3.24. The predicted octanol–water partition coefficient (Wildman–Crippen LogP) is 2.17. The van der Waals surface area contributed by atoms with E-state index in [1.54, 1.807) is 0 Å². The van der Waals surface area contributed by atoms with Crippen molar-refractivity contribution in [2.24, 2.45) is 0 Å². The summed E-state index contributed by atoms with van der Waals surface area (Å²) >= 11 is 0. The summed E-state index contributed by atoms with van der Waals surface area (Å²) in [5.74, 6) is 0.0399. The molecular weight excluding hydrogens is 240 g/mol. The SMILES string of the molecule is O=C(NC1CC1)c1cccc(NC2CCOCC2)c1. The number of carbonyl (C=O) groups is 1. The van der Waals surface area contributed by atoms with Crippen LogP contribution in [0.4, 0.5) is 5.69 Å². The van der Waals surface area contributed by atoms with E-state index in [4.69, 9.17) is 4.74 Å². The second-order valence-electron chi connectivity index (χ2n) is 5.36. The van der Waals surface area contributed by atoms with Gasteiger partial charge in [0, 0.05) is 36.5 Å². The van der Waals surface area contributed by atoms with Gasteiger partial charge in [0.1, 0.15) is 0 Å². The molecule has 1 heterocycles. The number of ether oxygens (including phenoxy) is 1. The molecule has 1 saturated carbocycles. The summed E-state index contributed by atoms with van der Waals surface area (Å²) in [5.41, 5.74) is 1.76. The lowest BCUT2D eigenvalue weighted by atomic mass is 10.1. The molecule has 19 heavy (non-hydrogen) atoms. The van der Waals surface area contributed by atoms with Crippen LogP contribution < -0.4 is 10.6 Å². The van der Waals surface area contributed by atoms with Crippen LogP contribution in [0.2, 0.25) is 0 Å². The van der Waals surface area contributed by atoms with Crippen molar-refractivity contribution in [1.82, 2.24) is 5.32 Å². The van der Waals surface area contributed by atoms with Gasteiger partial charge in [0.25, 0.3) is 5.91 Å². The van der Waals surface area contributed by atoms with Gasteiger partial charge < -0.3 is 15.4 Å². The Balaban J connectivity index is 1.62. The third-order valence-electron chi connectivity index (χ3n) is 3.63. The van der Waals surface area contributed by atoms with Gasteiger partial charge in [-0.3, -0.25) is 4.79 Å². The van der Waals surface area contributed by atoms with Crippen LogP contribution in [0.3, 0.4) is 0 Å². The normalized spacial score (nSPS) is 20.0. The van der Waals surface area contributed by atoms with E-state index < -0.39 is 0 Å². The Morgan fingerprint density at radius 3 is 2.63 bits per heavy atom. The number of carbonyl (C=O) groups excluding carboxylic acids is 1. The molecule has 1 saturated heterocycles. The zero-order valence-electron chi connectivity index (χ0n) is 11.0. The van der Waals surface area contributed by atoms with Crippen LogP contribution >= 0.6 is 0 Å². The zero-order chi connectivity index (χ0) is 13.1. The topological polar surface area (TPSA) is 50.4 Å². The molecule has 0 spiro atoms. The lowest BCUT2D eigenvalue weighted by molar-refractivity contribution is 0.0904. The van der Waals surface area contributed by atoms with E-state index in [9.17, 15) is 4.79 Å². The quantitative estimate of drug-likeness (QED) is 0.872. The van der Waals surface area contributed by atoms with Gasteiger partial charge in [0.2, 0.25) is 0 Å². The summed E-state index contributed by atoms with van der Waals surface area (Å²) in [6, 6.07) is 8.61. The molecule has 2 N–H and O–H groups in total. The molecule has 2 aliphatic rings. The number of benzene rings is 1. The summed E-state index contributed by atoms with van der Waals surface area (Å²) in [6.45, 7) is 1.64. The van der Waals surface area contributed by atoms with Crippen molar-refractivity contribution in [2.45, 2.75) is 37.8 Å². The average molecular weight is 260 g/mol. The monoisotopic (exact) mass is 260 g/mol. The van der Waals surface area contributed by atoms with Crippen LogP contribution in [0.25, 0.3) is 0 Å². The van der Waals surface area contributed by atoms with Crippen LogP contribution in [0.5, 0.6) is 0 Å². The van der Waals surface area contributed by atoms with Gasteiger partial charge in [0.05, 0.1) is 0 Å². The number of hydrogen-bond donors (Lipinski definition) is 2. The maximum absolute atomic E-state index is 12.0. The first-order valence-electron chi connectivity index (χ1n) is 7.06. The highest BCUT2D eigenvalue weighted by Crippen LogP contribution is 2.20. The number of anilines is 1. The molecule has 0 bridgehead atoms. The summed E-state index contributed by atoms with van der Waals surface area (Å²) in [5, 5.41) is 6.50. The molecule has 1 aromatic carbocycles. The van der Waals surface area contributed by atoms with Crippen molar-refractivity contribution in [3.63, 3.8) is 0 Å². The Hall–Kier alpha value is -1.55. The highest BCUT2D eigenvalue weighted by atomic mass is 16.5. The van der Waals surface area contributed by atoms with E-state index in [1.165, 1.54) is 0 Å². The Labute approximate surface area is 113 Å². The Morgan fingerprint density at radius 1 is 1.11 bits per heavy atom. The van der Waals surface area contributed by atoms with Gasteiger partial charge >= 0.3 is 0 Å². The third kappa shape index (κ3) is 3.47. The van der Waals surface area contributed by atoms with E-state index in [1.807, 2.05) is 24.3 Å². The van der Waals surface area contributed by atoms with Crippen molar-refractivity contribution in [1.29, 1.82) is 0 Å². The molecule has 1 aliphatic carbocycles. The lowest BCUT2D eigenvalue weighted by Gasteiger charge is -2.24. The lowest BCUT2D eigenvalue weighted by Crippen LogP contribution is -2.28. The number of hydrogen-bond acceptors (Lipinski definition) is 3. The highest BCUT2D eigenvalue weighted by Gasteiger charge is 2.23. The molecule has 4 nitrogen and oxygen atoms in total. The molecule has 1 amide bonds. The minimum Gasteiger partial charge on any atom is -0.382 e. The van der Waals surface area contributed by atoms with Crippen molar-refractivity contribution in [3.05, 3.63) is 29.8 Å². The van der Waals surface area contributed by atoms with Crippen molar-refractivity contribution >= 4 is 11.6 Å². The molecule has 1 aromatic rings. The van der Waals surface area contributed by atoms with E-state index in [0.29, 0.717) is 12.1 Å². The predicted molar refractivity (Wildman–Crippen MR) is 74.4 cm³/mol. The van der Waals surface area contributed by atoms with Gasteiger partial charge in [-0.1, -0.05) is 6.07 Å². The number of rotatable bonds is 4. The number of nitrogens with one attached hydrogen (secondary N) is 2. The summed E-state index contributed by atoms with van der Waals surface area (Å²) in [4.78, 5) is 12.0. The summed E-state index contributed by atoms with van der Waals surface area (Å²) in [6.07, 6.45) is 4.29. The van der Waals surface area contributed by atoms with E-state index in [0.717, 1.165) is 50.1 Å². The fourth-order valence-electron chi connectivity index (χ4n) is 2.32. The van der Waals surface area contributed by atoms with Crippen LogP contribution in [0.15, 0.2) is 24.3 Å². The van der Waals surface area contributed by atoms with Gasteiger partial charge in [0.15, 0.2) is 0 Å². The summed E-state index contributed by atoms with van der Waals surface area (Å²) < 4.78 is 5.35. The molecule has 3 rings (SSSR count). The Morgan fingerprint density at radius 2 is 1.89 bits per heavy atom. The van der Waals surface area contributed by atoms with Gasteiger partial charge in [-0.2, -0.15) is 0 Å². The van der Waals surface area contributed by atoms with Gasteiger partial charge in [-0.15, -0.1) is 0 Å². The minimum atomic E-state index is 0.0399.